The first-order chi connectivity index (χ1) is 21.2. The number of carbonyl (C=O) groups is 2. The lowest BCUT2D eigenvalue weighted by molar-refractivity contribution is -0.131. The van der Waals surface area contributed by atoms with E-state index in [9.17, 15) is 18.0 Å². The molecule has 0 radical (unpaired) electrons. The topological polar surface area (TPSA) is 99.3 Å². The zero-order valence-electron chi connectivity index (χ0n) is 22.9. The summed E-state index contributed by atoms with van der Waals surface area (Å²) >= 11 is 12.7. The second kappa shape index (κ2) is 12.4. The number of H-pyrrole nitrogens is 1. The molecular formula is C33H24ClN3O4S3. The number of aromatic amines is 1. The van der Waals surface area contributed by atoms with E-state index in [1.807, 2.05) is 72.8 Å². The van der Waals surface area contributed by atoms with Gasteiger partial charge in [-0.2, -0.15) is 0 Å². The molecule has 6 rings (SSSR count). The second-order valence-corrected chi connectivity index (χ2v) is 13.8. The maximum atomic E-state index is 13.8. The van der Waals surface area contributed by atoms with Crippen LogP contribution in [0.1, 0.15) is 11.1 Å². The van der Waals surface area contributed by atoms with E-state index in [0.717, 1.165) is 44.9 Å². The number of hydrogen-bond donors (Lipinski definition) is 2. The number of thioether (sulfide) groups is 1. The monoisotopic (exact) mass is 657 g/mol. The highest BCUT2D eigenvalue weighted by Gasteiger charge is 2.41. The first-order valence-electron chi connectivity index (χ1n) is 13.5. The van der Waals surface area contributed by atoms with Crippen molar-refractivity contribution in [3.63, 3.8) is 0 Å². The van der Waals surface area contributed by atoms with Gasteiger partial charge in [-0.25, -0.2) is 13.1 Å². The van der Waals surface area contributed by atoms with Crippen molar-refractivity contribution in [1.82, 2.24) is 14.6 Å². The number of thiocarbonyl (C=S) groups is 1. The van der Waals surface area contributed by atoms with Gasteiger partial charge in [0.05, 0.1) is 9.80 Å². The molecule has 1 aliphatic rings. The molecule has 1 aromatic heterocycles. The van der Waals surface area contributed by atoms with Crippen molar-refractivity contribution in [2.45, 2.75) is 17.4 Å². The summed E-state index contributed by atoms with van der Waals surface area (Å²) < 4.78 is 28.5. The van der Waals surface area contributed by atoms with Crippen molar-refractivity contribution < 1.29 is 18.0 Å². The van der Waals surface area contributed by atoms with Crippen molar-refractivity contribution in [3.05, 3.63) is 130 Å². The largest absolute Gasteiger partial charge is 0.361 e. The third kappa shape index (κ3) is 6.20. The van der Waals surface area contributed by atoms with Crippen molar-refractivity contribution in [1.29, 1.82) is 0 Å². The van der Waals surface area contributed by atoms with Crippen LogP contribution in [-0.2, 0) is 26.0 Å². The smallest absolute Gasteiger partial charge is 0.266 e. The number of benzene rings is 4. The number of aromatic nitrogens is 1. The van der Waals surface area contributed by atoms with Crippen LogP contribution in [-0.4, -0.2) is 40.5 Å². The van der Waals surface area contributed by atoms with Crippen LogP contribution in [0.5, 0.6) is 0 Å². The maximum absolute atomic E-state index is 13.8. The lowest BCUT2D eigenvalue weighted by Gasteiger charge is -2.26. The summed E-state index contributed by atoms with van der Waals surface area (Å²) in [5.74, 6) is -1.33. The number of nitrogens with zero attached hydrogens (tertiary/aromatic N) is 1. The zero-order chi connectivity index (χ0) is 30.8. The van der Waals surface area contributed by atoms with Crippen molar-refractivity contribution in [2.75, 3.05) is 0 Å². The first-order valence-corrected chi connectivity index (χ1v) is 16.6. The molecule has 0 unspecified atom stereocenters. The quantitative estimate of drug-likeness (QED) is 0.141. The third-order valence-corrected chi connectivity index (χ3v) is 10.1. The number of para-hydroxylation sites is 1. The summed E-state index contributed by atoms with van der Waals surface area (Å²) in [5.41, 5.74) is 4.36. The fourth-order valence-corrected chi connectivity index (χ4v) is 7.50. The normalized spacial score (nSPS) is 15.2. The van der Waals surface area contributed by atoms with Crippen molar-refractivity contribution in [2.24, 2.45) is 0 Å². The van der Waals surface area contributed by atoms with E-state index in [2.05, 4.69) is 9.71 Å². The van der Waals surface area contributed by atoms with Crippen LogP contribution in [0.25, 0.3) is 28.1 Å². The standard InChI is InChI=1S/C33H24ClN3O4S3/c34-25-16-14-23(15-17-25)22-12-10-21(11-13-22)18-30-32(39)37(33(42)43-30)29(19-24-20-35-28-9-5-4-8-27(24)28)31(38)36-44(40,41)26-6-2-1-3-7-26/h1-18,20,29,35H,19H2,(H,36,38)/b30-18-/t29-/m0/s1. The summed E-state index contributed by atoms with van der Waals surface area (Å²) in [6.07, 6.45) is 3.51. The van der Waals surface area contributed by atoms with Gasteiger partial charge in [0.2, 0.25) is 0 Å². The Balaban J connectivity index is 1.30. The van der Waals surface area contributed by atoms with Gasteiger partial charge >= 0.3 is 0 Å². The van der Waals surface area contributed by atoms with Gasteiger partial charge in [-0.05, 0) is 58.7 Å². The average molecular weight is 658 g/mol. The Morgan fingerprint density at radius 3 is 2.27 bits per heavy atom. The molecule has 2 N–H and O–H groups in total. The van der Waals surface area contributed by atoms with E-state index in [1.165, 1.54) is 17.0 Å². The molecule has 1 saturated heterocycles. The minimum absolute atomic E-state index is 0.0374. The Morgan fingerprint density at radius 2 is 1.57 bits per heavy atom. The van der Waals surface area contributed by atoms with Crippen molar-refractivity contribution in [3.8, 4) is 11.1 Å². The highest BCUT2D eigenvalue weighted by molar-refractivity contribution is 8.26. The van der Waals surface area contributed by atoms with E-state index in [1.54, 1.807) is 30.5 Å². The Morgan fingerprint density at radius 1 is 0.932 bits per heavy atom. The fourth-order valence-electron chi connectivity index (χ4n) is 4.98. The van der Waals surface area contributed by atoms with E-state index in [0.29, 0.717) is 9.93 Å². The van der Waals surface area contributed by atoms with Crippen LogP contribution in [0.15, 0.2) is 119 Å². The molecule has 1 aliphatic heterocycles. The number of nitrogens with one attached hydrogen (secondary N) is 2. The van der Waals surface area contributed by atoms with Gasteiger partial charge in [0.25, 0.3) is 21.8 Å². The van der Waals surface area contributed by atoms with Crippen LogP contribution in [0.3, 0.4) is 0 Å². The minimum atomic E-state index is -4.20. The number of amides is 2. The number of carbonyl (C=O) groups excluding carboxylic acids is 2. The Kier molecular flexibility index (Phi) is 8.42. The zero-order valence-corrected chi connectivity index (χ0v) is 26.1. The molecule has 220 valence electrons. The predicted molar refractivity (Wildman–Crippen MR) is 179 cm³/mol. The van der Waals surface area contributed by atoms with Gasteiger partial charge in [-0.1, -0.05) is 108 Å². The molecular weight excluding hydrogens is 634 g/mol. The van der Waals surface area contributed by atoms with E-state index in [-0.39, 0.29) is 15.6 Å². The Bertz CT molecular complexity index is 2020. The van der Waals surface area contributed by atoms with Crippen LogP contribution in [0, 0.1) is 0 Å². The van der Waals surface area contributed by atoms with Crippen LogP contribution < -0.4 is 4.72 Å². The highest BCUT2D eigenvalue weighted by Crippen LogP contribution is 2.36. The minimum Gasteiger partial charge on any atom is -0.361 e. The molecule has 4 aromatic carbocycles. The molecule has 2 heterocycles. The maximum Gasteiger partial charge on any atom is 0.266 e. The van der Waals surface area contributed by atoms with Crippen LogP contribution >= 0.6 is 35.6 Å². The molecule has 1 atom stereocenters. The van der Waals surface area contributed by atoms with Gasteiger partial charge in [-0.3, -0.25) is 14.5 Å². The number of fused-ring (bicyclic) bond motifs is 1. The van der Waals surface area contributed by atoms with Crippen LogP contribution in [0.2, 0.25) is 5.02 Å². The molecule has 2 amide bonds. The first kappa shape index (κ1) is 29.8. The lowest BCUT2D eigenvalue weighted by Crippen LogP contribution is -2.51. The molecule has 0 spiro atoms. The summed E-state index contributed by atoms with van der Waals surface area (Å²) in [4.78, 5) is 32.2. The molecule has 7 nitrogen and oxygen atoms in total. The number of halogens is 1. The Hall–Kier alpha value is -4.22. The van der Waals surface area contributed by atoms with Gasteiger partial charge in [0.1, 0.15) is 10.4 Å². The third-order valence-electron chi connectivity index (χ3n) is 7.20. The van der Waals surface area contributed by atoms with Gasteiger partial charge in [0, 0.05) is 28.5 Å². The molecule has 0 saturated carbocycles. The molecule has 0 aliphatic carbocycles. The molecule has 5 aromatic rings. The SMILES string of the molecule is O=C(NS(=O)(=O)c1ccccc1)[C@H](Cc1c[nH]c2ccccc12)N1C(=O)/C(=C/c2ccc(-c3ccc(Cl)cc3)cc2)SC1=S. The van der Waals surface area contributed by atoms with E-state index in [4.69, 9.17) is 23.8 Å². The fraction of sp³-hybridized carbons (Fsp3) is 0.0606. The van der Waals surface area contributed by atoms with Gasteiger partial charge < -0.3 is 4.98 Å². The van der Waals surface area contributed by atoms with Crippen LogP contribution in [0.4, 0.5) is 0 Å². The lowest BCUT2D eigenvalue weighted by atomic mass is 10.0. The summed E-state index contributed by atoms with van der Waals surface area (Å²) in [7, 11) is -4.20. The molecule has 0 bridgehead atoms. The molecule has 11 heteroatoms. The van der Waals surface area contributed by atoms with Gasteiger partial charge in [-0.15, -0.1) is 0 Å². The number of sulfonamides is 1. The van der Waals surface area contributed by atoms with E-state index >= 15 is 0 Å². The van der Waals surface area contributed by atoms with Gasteiger partial charge in [0.15, 0.2) is 0 Å². The van der Waals surface area contributed by atoms with E-state index < -0.39 is 27.9 Å². The molecule has 1 fully saturated rings. The number of rotatable bonds is 8. The number of hydrogen-bond acceptors (Lipinski definition) is 6. The highest BCUT2D eigenvalue weighted by atomic mass is 35.5. The van der Waals surface area contributed by atoms with Crippen molar-refractivity contribution >= 4 is 78.7 Å². The second-order valence-electron chi connectivity index (χ2n) is 10.0. The summed E-state index contributed by atoms with van der Waals surface area (Å²) in [5, 5.41) is 1.51. The summed E-state index contributed by atoms with van der Waals surface area (Å²) in [6.45, 7) is 0. The molecule has 44 heavy (non-hydrogen) atoms. The summed E-state index contributed by atoms with van der Waals surface area (Å²) in [6, 6.07) is 29.1. The predicted octanol–water partition coefficient (Wildman–Crippen LogP) is 6.81. The average Bonchev–Trinajstić information content (AvgIpc) is 3.56. The Labute approximate surface area is 269 Å².